The van der Waals surface area contributed by atoms with Crippen LogP contribution in [0.3, 0.4) is 0 Å². The molecule has 1 amide bonds. The van der Waals surface area contributed by atoms with Crippen LogP contribution in [0.4, 0.5) is 0 Å². The molecule has 1 fully saturated rings. The predicted molar refractivity (Wildman–Crippen MR) is 70.4 cm³/mol. The molecule has 0 saturated heterocycles. The van der Waals surface area contributed by atoms with E-state index in [4.69, 9.17) is 0 Å². The lowest BCUT2D eigenvalue weighted by Gasteiger charge is -2.14. The van der Waals surface area contributed by atoms with Crippen molar-refractivity contribution in [1.29, 1.82) is 0 Å². The highest BCUT2D eigenvalue weighted by Gasteiger charge is 2.22. The third-order valence-electron chi connectivity index (χ3n) is 3.69. The number of hydrogen-bond acceptors (Lipinski definition) is 4. The Balaban J connectivity index is 1.39. The average molecular weight is 263 g/mol. The van der Waals surface area contributed by atoms with Gasteiger partial charge >= 0.3 is 0 Å². The zero-order valence-corrected chi connectivity index (χ0v) is 11.2. The normalized spacial score (nSPS) is 18.1. The molecule has 1 aromatic rings. The largest absolute Gasteiger partial charge is 0.353 e. The number of carbonyl (C=O) groups is 1. The van der Waals surface area contributed by atoms with Crippen LogP contribution in [0.5, 0.6) is 0 Å². The number of nitrogens with zero attached hydrogens (tertiary/aromatic N) is 3. The molecule has 0 spiro atoms. The molecule has 19 heavy (non-hydrogen) atoms. The predicted octanol–water partition coefficient (Wildman–Crippen LogP) is 0.373. The van der Waals surface area contributed by atoms with Gasteiger partial charge in [0.15, 0.2) is 0 Å². The van der Waals surface area contributed by atoms with E-state index >= 15 is 0 Å². The molecule has 2 N–H and O–H groups in total. The third-order valence-corrected chi connectivity index (χ3v) is 3.69. The van der Waals surface area contributed by atoms with E-state index in [2.05, 4.69) is 25.4 Å². The zero-order valence-electron chi connectivity index (χ0n) is 11.2. The molecule has 1 aliphatic heterocycles. The van der Waals surface area contributed by atoms with Gasteiger partial charge in [0.2, 0.25) is 5.91 Å². The number of fused-ring (bicyclic) bond motifs is 1. The minimum absolute atomic E-state index is 0.151. The summed E-state index contributed by atoms with van der Waals surface area (Å²) in [6, 6.07) is 0.455. The molecule has 2 heterocycles. The first-order valence-electron chi connectivity index (χ1n) is 7.24. The van der Waals surface area contributed by atoms with Gasteiger partial charge in [-0.05, 0) is 25.7 Å². The topological polar surface area (TPSA) is 71.8 Å². The van der Waals surface area contributed by atoms with Crippen LogP contribution in [-0.2, 0) is 24.3 Å². The zero-order chi connectivity index (χ0) is 13.1. The van der Waals surface area contributed by atoms with Crippen molar-refractivity contribution in [2.24, 2.45) is 0 Å². The first kappa shape index (κ1) is 12.6. The molecule has 6 nitrogen and oxygen atoms in total. The van der Waals surface area contributed by atoms with E-state index in [1.807, 2.05) is 0 Å². The maximum absolute atomic E-state index is 11.5. The van der Waals surface area contributed by atoms with E-state index < -0.39 is 0 Å². The van der Waals surface area contributed by atoms with Crippen LogP contribution in [0.25, 0.3) is 0 Å². The summed E-state index contributed by atoms with van der Waals surface area (Å²) in [5, 5.41) is 14.7. The summed E-state index contributed by atoms with van der Waals surface area (Å²) in [4.78, 5) is 11.5. The highest BCUT2D eigenvalue weighted by atomic mass is 16.1. The molecular formula is C13H21N5O. The monoisotopic (exact) mass is 263 g/mol. The molecule has 0 unspecified atom stereocenters. The molecule has 2 aliphatic rings. The second kappa shape index (κ2) is 5.69. The molecule has 0 bridgehead atoms. The first-order valence-corrected chi connectivity index (χ1v) is 7.24. The smallest absolute Gasteiger partial charge is 0.221 e. The van der Waals surface area contributed by atoms with Gasteiger partial charge in [0.05, 0.1) is 6.54 Å². The summed E-state index contributed by atoms with van der Waals surface area (Å²) in [5.41, 5.74) is 0. The van der Waals surface area contributed by atoms with E-state index in [-0.39, 0.29) is 5.91 Å². The molecule has 1 aromatic heterocycles. The van der Waals surface area contributed by atoms with Crippen LogP contribution in [0, 0.1) is 0 Å². The average Bonchev–Trinajstić information content (AvgIpc) is 3.14. The maximum atomic E-state index is 11.5. The molecule has 1 aliphatic carbocycles. The summed E-state index contributed by atoms with van der Waals surface area (Å²) in [5.74, 6) is 2.25. The second-order valence-electron chi connectivity index (χ2n) is 5.41. The summed E-state index contributed by atoms with van der Waals surface area (Å²) in [6.07, 6.45) is 6.29. The van der Waals surface area contributed by atoms with Crippen LogP contribution in [0.2, 0.25) is 0 Å². The number of rotatable bonds is 6. The van der Waals surface area contributed by atoms with Crippen molar-refractivity contribution in [1.82, 2.24) is 25.4 Å². The van der Waals surface area contributed by atoms with Gasteiger partial charge in [0.25, 0.3) is 0 Å². The lowest BCUT2D eigenvalue weighted by molar-refractivity contribution is -0.121. The Morgan fingerprint density at radius 3 is 3.05 bits per heavy atom. The van der Waals surface area contributed by atoms with Crippen molar-refractivity contribution in [2.45, 2.75) is 57.7 Å². The molecular weight excluding hydrogens is 242 g/mol. The van der Waals surface area contributed by atoms with Crippen LogP contribution in [-0.4, -0.2) is 33.3 Å². The summed E-state index contributed by atoms with van der Waals surface area (Å²) >= 11 is 0. The molecule has 3 rings (SSSR count). The van der Waals surface area contributed by atoms with Crippen molar-refractivity contribution in [3.05, 3.63) is 11.6 Å². The Hall–Kier alpha value is -1.43. The number of aryl methyl sites for hydroxylation is 1. The van der Waals surface area contributed by atoms with Crippen molar-refractivity contribution >= 4 is 5.91 Å². The van der Waals surface area contributed by atoms with Gasteiger partial charge in [-0.3, -0.25) is 4.79 Å². The van der Waals surface area contributed by atoms with Gasteiger partial charge in [-0.2, -0.15) is 0 Å². The van der Waals surface area contributed by atoms with Crippen LogP contribution in [0.15, 0.2) is 0 Å². The fraction of sp³-hybridized carbons (Fsp3) is 0.769. The molecule has 6 heteroatoms. The van der Waals surface area contributed by atoms with Gasteiger partial charge in [0, 0.05) is 32.0 Å². The Morgan fingerprint density at radius 1 is 1.32 bits per heavy atom. The van der Waals surface area contributed by atoms with Crippen molar-refractivity contribution in [3.8, 4) is 0 Å². The summed E-state index contributed by atoms with van der Waals surface area (Å²) in [6.45, 7) is 2.42. The van der Waals surface area contributed by atoms with Crippen molar-refractivity contribution < 1.29 is 4.79 Å². The van der Waals surface area contributed by atoms with Gasteiger partial charge in [-0.15, -0.1) is 10.2 Å². The Kier molecular flexibility index (Phi) is 3.77. The van der Waals surface area contributed by atoms with Crippen LogP contribution >= 0.6 is 0 Å². The molecule has 0 atom stereocenters. The van der Waals surface area contributed by atoms with Gasteiger partial charge in [-0.25, -0.2) is 0 Å². The van der Waals surface area contributed by atoms with Gasteiger partial charge in [-0.1, -0.05) is 0 Å². The lowest BCUT2D eigenvalue weighted by Crippen LogP contribution is -2.29. The maximum Gasteiger partial charge on any atom is 0.221 e. The Labute approximate surface area is 113 Å². The molecule has 0 aromatic carbocycles. The SMILES string of the molecule is O=C(CCNCc1nnc2n1CCCC2)NC1CC1. The second-order valence-corrected chi connectivity index (χ2v) is 5.41. The summed E-state index contributed by atoms with van der Waals surface area (Å²) < 4.78 is 2.21. The number of amides is 1. The van der Waals surface area contributed by atoms with E-state index in [1.165, 1.54) is 12.8 Å². The van der Waals surface area contributed by atoms with Crippen molar-refractivity contribution in [3.63, 3.8) is 0 Å². The minimum atomic E-state index is 0.151. The molecule has 1 saturated carbocycles. The molecule has 104 valence electrons. The first-order chi connectivity index (χ1) is 9.33. The minimum Gasteiger partial charge on any atom is -0.353 e. The van der Waals surface area contributed by atoms with E-state index in [0.717, 1.165) is 37.5 Å². The van der Waals surface area contributed by atoms with Crippen molar-refractivity contribution in [2.75, 3.05) is 6.54 Å². The van der Waals surface area contributed by atoms with Crippen LogP contribution in [0.1, 0.15) is 43.8 Å². The standard InChI is InChI=1S/C13H21N5O/c19-13(15-10-4-5-10)6-7-14-9-12-17-16-11-3-1-2-8-18(11)12/h10,14H,1-9H2,(H,15,19). The quantitative estimate of drug-likeness (QED) is 0.728. The third kappa shape index (κ3) is 3.32. The molecule has 0 radical (unpaired) electrons. The highest BCUT2D eigenvalue weighted by molar-refractivity contribution is 5.76. The van der Waals surface area contributed by atoms with Gasteiger partial charge < -0.3 is 15.2 Å². The fourth-order valence-electron chi connectivity index (χ4n) is 2.43. The highest BCUT2D eigenvalue weighted by Crippen LogP contribution is 2.18. The fourth-order valence-corrected chi connectivity index (χ4v) is 2.43. The number of carbonyl (C=O) groups excluding carboxylic acids is 1. The Bertz CT molecular complexity index is 452. The number of hydrogen-bond donors (Lipinski definition) is 2. The Morgan fingerprint density at radius 2 is 2.21 bits per heavy atom. The van der Waals surface area contributed by atoms with Crippen LogP contribution < -0.4 is 10.6 Å². The number of nitrogens with one attached hydrogen (secondary N) is 2. The van der Waals surface area contributed by atoms with E-state index in [9.17, 15) is 4.79 Å². The van der Waals surface area contributed by atoms with Gasteiger partial charge in [0.1, 0.15) is 11.6 Å². The van der Waals surface area contributed by atoms with E-state index in [0.29, 0.717) is 25.6 Å². The summed E-state index contributed by atoms with van der Waals surface area (Å²) in [7, 11) is 0. The number of aromatic nitrogens is 3. The lowest BCUT2D eigenvalue weighted by atomic mass is 10.2. The van der Waals surface area contributed by atoms with E-state index in [1.54, 1.807) is 0 Å².